The lowest BCUT2D eigenvalue weighted by atomic mass is 9.85. The molecular formula is C23H28N6O. The van der Waals surface area contributed by atoms with Gasteiger partial charge in [0, 0.05) is 17.2 Å². The number of nitrogens with two attached hydrogens (primary N) is 2. The number of nitrogens with one attached hydrogen (secondary N) is 1. The van der Waals surface area contributed by atoms with Crippen molar-refractivity contribution in [2.75, 3.05) is 13.1 Å². The number of rotatable bonds is 4. The van der Waals surface area contributed by atoms with Crippen LogP contribution < -0.4 is 17.1 Å². The fraction of sp³-hybridized carbons (Fsp3) is 0.391. The summed E-state index contributed by atoms with van der Waals surface area (Å²) in [6.45, 7) is 2.46. The van der Waals surface area contributed by atoms with E-state index in [1.54, 1.807) is 0 Å². The number of hydrogen-bond acceptors (Lipinski definition) is 6. The summed E-state index contributed by atoms with van der Waals surface area (Å²) in [4.78, 5) is 2.70. The molecular weight excluding hydrogens is 376 g/mol. The minimum Gasteiger partial charge on any atom is -0.355 e. The first-order chi connectivity index (χ1) is 14.8. The molecule has 30 heavy (non-hydrogen) atoms. The predicted octanol–water partition coefficient (Wildman–Crippen LogP) is 3.31. The molecule has 2 heterocycles. The Hall–Kier alpha value is -2.90. The Balaban J connectivity index is 1.35. The van der Waals surface area contributed by atoms with Gasteiger partial charge in [-0.15, -0.1) is 0 Å². The molecule has 7 heteroatoms. The molecule has 2 aliphatic rings. The maximum atomic E-state index is 5.67. The normalized spacial score (nSPS) is 19.2. The van der Waals surface area contributed by atoms with Crippen molar-refractivity contribution in [3.8, 4) is 11.3 Å². The van der Waals surface area contributed by atoms with Crippen LogP contribution in [0.15, 0.2) is 52.1 Å². The molecule has 0 atom stereocenters. The third-order valence-corrected chi connectivity index (χ3v) is 6.78. The first-order valence-electron chi connectivity index (χ1n) is 10.8. The first kappa shape index (κ1) is 19.1. The van der Waals surface area contributed by atoms with Gasteiger partial charge < -0.3 is 20.7 Å². The first-order valence-corrected chi connectivity index (χ1v) is 10.8. The monoisotopic (exact) mass is 404 g/mol. The lowest BCUT2D eigenvalue weighted by molar-refractivity contribution is 0.0975. The van der Waals surface area contributed by atoms with E-state index in [1.165, 1.54) is 50.8 Å². The van der Waals surface area contributed by atoms with Crippen molar-refractivity contribution in [3.05, 3.63) is 53.6 Å². The van der Waals surface area contributed by atoms with Crippen molar-refractivity contribution in [2.24, 2.45) is 16.8 Å². The van der Waals surface area contributed by atoms with E-state index in [0.29, 0.717) is 11.8 Å². The summed E-state index contributed by atoms with van der Waals surface area (Å²) in [5.74, 6) is 12.7. The quantitative estimate of drug-likeness (QED) is 0.267. The van der Waals surface area contributed by atoms with Gasteiger partial charge in [0.2, 0.25) is 0 Å². The molecule has 0 unspecified atom stereocenters. The Kier molecular flexibility index (Phi) is 5.14. The van der Waals surface area contributed by atoms with E-state index in [9.17, 15) is 0 Å². The molecule has 1 aliphatic heterocycles. The molecule has 156 valence electrons. The molecule has 0 spiro atoms. The smallest absolute Gasteiger partial charge is 0.174 e. The minimum atomic E-state index is 0.410. The van der Waals surface area contributed by atoms with Crippen molar-refractivity contribution < 1.29 is 4.52 Å². The Morgan fingerprint density at radius 3 is 2.47 bits per heavy atom. The van der Waals surface area contributed by atoms with Crippen LogP contribution in [-0.4, -0.2) is 35.0 Å². The Morgan fingerprint density at radius 1 is 1.07 bits per heavy atom. The molecule has 5 N–H and O–H groups in total. The molecule has 5 rings (SSSR count). The number of benzene rings is 2. The zero-order valence-electron chi connectivity index (χ0n) is 17.1. The number of fused-ring (bicyclic) bond motifs is 1. The van der Waals surface area contributed by atoms with Crippen LogP contribution >= 0.6 is 0 Å². The average molecular weight is 405 g/mol. The molecule has 1 aromatic heterocycles. The largest absolute Gasteiger partial charge is 0.355 e. The average Bonchev–Trinajstić information content (AvgIpc) is 3.18. The van der Waals surface area contributed by atoms with Crippen molar-refractivity contribution in [2.45, 2.75) is 44.1 Å². The summed E-state index contributed by atoms with van der Waals surface area (Å²) in [5.41, 5.74) is 6.52. The zero-order valence-corrected chi connectivity index (χ0v) is 17.1. The van der Waals surface area contributed by atoms with E-state index < -0.39 is 0 Å². The number of hydrazine groups is 1. The van der Waals surface area contributed by atoms with E-state index in [2.05, 4.69) is 44.8 Å². The number of piperidine rings is 1. The Labute approximate surface area is 176 Å². The molecule has 1 saturated carbocycles. The molecule has 3 aromatic rings. The van der Waals surface area contributed by atoms with Crippen molar-refractivity contribution in [1.82, 2.24) is 15.5 Å². The standard InChI is InChI=1S/C23H28N6O/c24-26-23(27-25)18-8-9-21-20(14-18)22(30-28-21)17-6-4-15(5-7-17)16-10-12-29(13-11-16)19-2-1-3-19/h4-9,14,16,19H,1-3,10-13,24-25H2,(H,26,27). The van der Waals surface area contributed by atoms with Gasteiger partial charge in [0.1, 0.15) is 5.52 Å². The third kappa shape index (κ3) is 3.44. The summed E-state index contributed by atoms with van der Waals surface area (Å²) in [6, 6.07) is 15.3. The number of aromatic nitrogens is 1. The van der Waals surface area contributed by atoms with Gasteiger partial charge >= 0.3 is 0 Å². The second kappa shape index (κ2) is 8.08. The number of hydrazone groups is 1. The SMILES string of the molecule is N/N=C(\NN)c1ccc2noc(-c3ccc(C4CCN(C5CCC5)CC4)cc3)c2c1. The van der Waals surface area contributed by atoms with Gasteiger partial charge in [0.05, 0.1) is 5.39 Å². The molecule has 0 bridgehead atoms. The van der Waals surface area contributed by atoms with Gasteiger partial charge in [0.25, 0.3) is 0 Å². The van der Waals surface area contributed by atoms with E-state index >= 15 is 0 Å². The molecule has 0 radical (unpaired) electrons. The summed E-state index contributed by atoms with van der Waals surface area (Å²) < 4.78 is 5.67. The van der Waals surface area contributed by atoms with E-state index in [1.807, 2.05) is 18.2 Å². The van der Waals surface area contributed by atoms with Gasteiger partial charge in [-0.25, -0.2) is 5.84 Å². The second-order valence-electron chi connectivity index (χ2n) is 8.38. The summed E-state index contributed by atoms with van der Waals surface area (Å²) in [6.07, 6.45) is 6.70. The van der Waals surface area contributed by atoms with Crippen LogP contribution in [0.5, 0.6) is 0 Å². The van der Waals surface area contributed by atoms with Crippen LogP contribution in [0.1, 0.15) is 49.1 Å². The van der Waals surface area contributed by atoms with Crippen molar-refractivity contribution in [3.63, 3.8) is 0 Å². The summed E-state index contributed by atoms with van der Waals surface area (Å²) >= 11 is 0. The Morgan fingerprint density at radius 2 is 1.83 bits per heavy atom. The fourth-order valence-electron chi connectivity index (χ4n) is 4.75. The van der Waals surface area contributed by atoms with Crippen LogP contribution in [0, 0.1) is 0 Å². The highest BCUT2D eigenvalue weighted by atomic mass is 16.5. The predicted molar refractivity (Wildman–Crippen MR) is 119 cm³/mol. The van der Waals surface area contributed by atoms with Gasteiger partial charge in [-0.2, -0.15) is 5.10 Å². The number of nitrogens with zero attached hydrogens (tertiary/aromatic N) is 3. The van der Waals surface area contributed by atoms with Crippen LogP contribution in [0.4, 0.5) is 0 Å². The highest BCUT2D eigenvalue weighted by molar-refractivity contribution is 6.03. The Bertz CT molecular complexity index is 1050. The van der Waals surface area contributed by atoms with Gasteiger partial charge in [-0.1, -0.05) is 35.8 Å². The highest BCUT2D eigenvalue weighted by Gasteiger charge is 2.29. The molecule has 1 aliphatic carbocycles. The number of likely N-dealkylation sites (tertiary alicyclic amines) is 1. The summed E-state index contributed by atoms with van der Waals surface area (Å²) in [5, 5.41) is 8.79. The second-order valence-corrected chi connectivity index (χ2v) is 8.38. The molecule has 1 saturated heterocycles. The van der Waals surface area contributed by atoms with Crippen molar-refractivity contribution >= 4 is 16.7 Å². The van der Waals surface area contributed by atoms with E-state index in [4.69, 9.17) is 16.2 Å². The van der Waals surface area contributed by atoms with Crippen molar-refractivity contribution in [1.29, 1.82) is 0 Å². The van der Waals surface area contributed by atoms with Crippen LogP contribution in [-0.2, 0) is 0 Å². The van der Waals surface area contributed by atoms with Gasteiger partial charge in [-0.05, 0) is 68.5 Å². The van der Waals surface area contributed by atoms with E-state index in [-0.39, 0.29) is 0 Å². The van der Waals surface area contributed by atoms with Crippen LogP contribution in [0.3, 0.4) is 0 Å². The minimum absolute atomic E-state index is 0.410. The fourth-order valence-corrected chi connectivity index (χ4v) is 4.75. The molecule has 0 amide bonds. The maximum Gasteiger partial charge on any atom is 0.174 e. The topological polar surface area (TPSA) is 106 Å². The summed E-state index contributed by atoms with van der Waals surface area (Å²) in [7, 11) is 0. The van der Waals surface area contributed by atoms with E-state index in [0.717, 1.165) is 33.8 Å². The van der Waals surface area contributed by atoms with Gasteiger partial charge in [0.15, 0.2) is 11.6 Å². The van der Waals surface area contributed by atoms with Crippen LogP contribution in [0.25, 0.3) is 22.2 Å². The lowest BCUT2D eigenvalue weighted by Crippen LogP contribution is -2.44. The highest BCUT2D eigenvalue weighted by Crippen LogP contribution is 2.35. The van der Waals surface area contributed by atoms with Crippen LogP contribution in [0.2, 0.25) is 0 Å². The van der Waals surface area contributed by atoms with Gasteiger partial charge in [-0.3, -0.25) is 0 Å². The number of amidine groups is 1. The molecule has 2 fully saturated rings. The number of hydrogen-bond donors (Lipinski definition) is 3. The molecule has 2 aromatic carbocycles. The zero-order chi connectivity index (χ0) is 20.5. The molecule has 7 nitrogen and oxygen atoms in total. The third-order valence-electron chi connectivity index (χ3n) is 6.78. The maximum absolute atomic E-state index is 5.67. The lowest BCUT2D eigenvalue weighted by Gasteiger charge is -2.42.